The summed E-state index contributed by atoms with van der Waals surface area (Å²) in [5.41, 5.74) is 0. The molecule has 0 unspecified atom stereocenters. The molecule has 0 aromatic carbocycles. The zero-order chi connectivity index (χ0) is 9.40. The quantitative estimate of drug-likeness (QED) is 0.353. The first-order valence-electron chi connectivity index (χ1n) is 5.16. The van der Waals surface area contributed by atoms with Crippen molar-refractivity contribution < 1.29 is 44.8 Å². The molecule has 0 heterocycles. The molecule has 0 amide bonds. The fourth-order valence-electron chi connectivity index (χ4n) is 1.81. The van der Waals surface area contributed by atoms with Gasteiger partial charge in [0.25, 0.3) is 0 Å². The summed E-state index contributed by atoms with van der Waals surface area (Å²) in [7, 11) is 0. The molecule has 1 aliphatic rings. The van der Waals surface area contributed by atoms with E-state index in [1.54, 1.807) is 6.92 Å². The molecule has 1 rings (SSSR count). The molecular weight excluding hydrogens is 538 g/mol. The third-order valence-corrected chi connectivity index (χ3v) is 2.78. The second-order valence-corrected chi connectivity index (χ2v) is 3.46. The van der Waals surface area contributed by atoms with Crippen LogP contribution in [0.4, 0.5) is 0 Å². The maximum Gasteiger partial charge on any atom is 1.00 e. The Balaban J connectivity index is -0.000000284. The van der Waals surface area contributed by atoms with Crippen LogP contribution in [-0.4, -0.2) is 0 Å². The van der Waals surface area contributed by atoms with Crippen LogP contribution in [0.1, 0.15) is 45.4 Å². The minimum absolute atomic E-state index is 0. The molecule has 0 bridgehead atoms. The van der Waals surface area contributed by atoms with E-state index >= 15 is 0 Å². The molecule has 0 aromatic heterocycles. The second kappa shape index (κ2) is 14.5. The SMILES string of the molecule is [Au+].[Au].[CH2-]C.[CH2-]CC1CCC(C[CH2-])CC1. The Morgan fingerprint density at radius 1 is 0.857 bits per heavy atom. The molecule has 0 N–H and O–H groups in total. The Labute approximate surface area is 122 Å². The van der Waals surface area contributed by atoms with Crippen LogP contribution in [0, 0.1) is 32.6 Å². The van der Waals surface area contributed by atoms with E-state index in [2.05, 4.69) is 20.8 Å². The minimum atomic E-state index is 0. The van der Waals surface area contributed by atoms with Gasteiger partial charge in [0.2, 0.25) is 0 Å². The maximum atomic E-state index is 3.94. The fraction of sp³-hybridized carbons (Fsp3) is 0.750. The average molecular weight is 561 g/mol. The van der Waals surface area contributed by atoms with Crippen molar-refractivity contribution in [2.75, 3.05) is 0 Å². The normalized spacial score (nSPS) is 24.9. The summed E-state index contributed by atoms with van der Waals surface area (Å²) < 4.78 is 0. The van der Waals surface area contributed by atoms with Crippen LogP contribution in [0.3, 0.4) is 0 Å². The van der Waals surface area contributed by atoms with E-state index < -0.39 is 0 Å². The van der Waals surface area contributed by atoms with Crippen LogP contribution >= 0.6 is 0 Å². The second-order valence-electron chi connectivity index (χ2n) is 3.46. The van der Waals surface area contributed by atoms with E-state index in [9.17, 15) is 0 Å². The van der Waals surface area contributed by atoms with Crippen molar-refractivity contribution in [2.45, 2.75) is 45.4 Å². The van der Waals surface area contributed by atoms with E-state index in [1.165, 1.54) is 25.7 Å². The van der Waals surface area contributed by atoms with Gasteiger partial charge in [-0.15, -0.1) is 0 Å². The van der Waals surface area contributed by atoms with Crippen LogP contribution in [0.15, 0.2) is 0 Å². The summed E-state index contributed by atoms with van der Waals surface area (Å²) >= 11 is 0. The van der Waals surface area contributed by atoms with E-state index in [-0.39, 0.29) is 44.8 Å². The Morgan fingerprint density at radius 3 is 1.21 bits per heavy atom. The number of hydrogen-bond donors (Lipinski definition) is 0. The monoisotopic (exact) mass is 561 g/mol. The van der Waals surface area contributed by atoms with Gasteiger partial charge in [-0.3, -0.25) is 0 Å². The minimum Gasteiger partial charge on any atom is -0.346 e. The Morgan fingerprint density at radius 2 is 1.07 bits per heavy atom. The molecule has 0 nitrogen and oxygen atoms in total. The third-order valence-electron chi connectivity index (χ3n) is 2.78. The van der Waals surface area contributed by atoms with Crippen molar-refractivity contribution in [3.63, 3.8) is 0 Å². The zero-order valence-electron chi connectivity index (χ0n) is 9.12. The van der Waals surface area contributed by atoms with Gasteiger partial charge in [0.05, 0.1) is 0 Å². The molecule has 1 aliphatic carbocycles. The summed E-state index contributed by atoms with van der Waals surface area (Å²) in [5.74, 6) is 1.87. The van der Waals surface area contributed by atoms with E-state index in [1.807, 2.05) is 0 Å². The molecule has 0 aromatic rings. The van der Waals surface area contributed by atoms with Gasteiger partial charge >= 0.3 is 22.4 Å². The standard InChI is InChI=1S/C10H18.C2H5.2Au/c1-3-9-5-7-10(4-2)8-6-9;1-2;;/h9-10H,1-8H2;1H2,2H3;;/q-2;-1;;+1. The molecule has 14 heavy (non-hydrogen) atoms. The zero-order valence-corrected chi connectivity index (χ0v) is 13.5. The molecule has 1 saturated carbocycles. The number of rotatable bonds is 2. The van der Waals surface area contributed by atoms with E-state index in [4.69, 9.17) is 0 Å². The van der Waals surface area contributed by atoms with Gasteiger partial charge in [0.15, 0.2) is 0 Å². The van der Waals surface area contributed by atoms with Crippen molar-refractivity contribution >= 4 is 0 Å². The van der Waals surface area contributed by atoms with Crippen molar-refractivity contribution in [3.05, 3.63) is 20.8 Å². The average Bonchev–Trinajstić information content (AvgIpc) is 2.21. The summed E-state index contributed by atoms with van der Waals surface area (Å²) in [6.45, 7) is 12.9. The van der Waals surface area contributed by atoms with Crippen LogP contribution in [-0.2, 0) is 44.8 Å². The molecule has 1 radical (unpaired) electrons. The van der Waals surface area contributed by atoms with Crippen LogP contribution < -0.4 is 0 Å². The van der Waals surface area contributed by atoms with Gasteiger partial charge < -0.3 is 20.8 Å². The van der Waals surface area contributed by atoms with Gasteiger partial charge in [-0.2, -0.15) is 19.8 Å². The first kappa shape index (κ1) is 20.8. The summed E-state index contributed by atoms with van der Waals surface area (Å²) in [5, 5.41) is 0. The molecule has 95 valence electrons. The van der Waals surface area contributed by atoms with Gasteiger partial charge in [0.1, 0.15) is 0 Å². The van der Waals surface area contributed by atoms with Gasteiger partial charge in [-0.05, 0) is 0 Å². The maximum absolute atomic E-state index is 3.94. The van der Waals surface area contributed by atoms with Crippen LogP contribution in [0.25, 0.3) is 0 Å². The van der Waals surface area contributed by atoms with E-state index in [0.29, 0.717) is 0 Å². The first-order chi connectivity index (χ1) is 5.86. The molecule has 0 atom stereocenters. The van der Waals surface area contributed by atoms with Gasteiger partial charge in [-0.25, -0.2) is 0 Å². The fourth-order valence-corrected chi connectivity index (χ4v) is 1.81. The van der Waals surface area contributed by atoms with Gasteiger partial charge in [0, 0.05) is 22.4 Å². The Kier molecular flexibility index (Phi) is 21.6. The van der Waals surface area contributed by atoms with E-state index in [0.717, 1.165) is 24.7 Å². The predicted molar refractivity (Wildman–Crippen MR) is 56.4 cm³/mol. The molecule has 0 aliphatic heterocycles. The van der Waals surface area contributed by atoms with Crippen LogP contribution in [0.2, 0.25) is 0 Å². The predicted octanol–water partition coefficient (Wildman–Crippen LogP) is 4.08. The van der Waals surface area contributed by atoms with Crippen LogP contribution in [0.5, 0.6) is 0 Å². The van der Waals surface area contributed by atoms with Crippen molar-refractivity contribution in [3.8, 4) is 0 Å². The van der Waals surface area contributed by atoms with Crippen molar-refractivity contribution in [1.82, 2.24) is 0 Å². The molecule has 0 spiro atoms. The largest absolute Gasteiger partial charge is 1.00 e. The summed E-state index contributed by atoms with van der Waals surface area (Å²) in [4.78, 5) is 0. The molecule has 2 heteroatoms. The smallest absolute Gasteiger partial charge is 0.346 e. The summed E-state index contributed by atoms with van der Waals surface area (Å²) in [6, 6.07) is 0. The third kappa shape index (κ3) is 8.76. The topological polar surface area (TPSA) is 0 Å². The molecule has 0 saturated heterocycles. The summed E-state index contributed by atoms with van der Waals surface area (Å²) in [6.07, 6.45) is 7.91. The molecular formula is C12H23Au2-2. The van der Waals surface area contributed by atoms with Crippen molar-refractivity contribution in [2.24, 2.45) is 11.8 Å². The van der Waals surface area contributed by atoms with Crippen molar-refractivity contribution in [1.29, 1.82) is 0 Å². The molecule has 1 fully saturated rings. The number of hydrogen-bond acceptors (Lipinski definition) is 0. The Bertz CT molecular complexity index is 74.3. The Hall–Kier alpha value is 1.48. The van der Waals surface area contributed by atoms with Gasteiger partial charge in [-0.1, -0.05) is 37.5 Å². The first-order valence-corrected chi connectivity index (χ1v) is 5.16.